The van der Waals surface area contributed by atoms with Gasteiger partial charge in [-0.05, 0) is 32.3 Å². The van der Waals surface area contributed by atoms with Gasteiger partial charge in [-0.25, -0.2) is 0 Å². The van der Waals surface area contributed by atoms with Gasteiger partial charge in [0.2, 0.25) is 0 Å². The summed E-state index contributed by atoms with van der Waals surface area (Å²) < 4.78 is 0. The molecule has 0 saturated heterocycles. The van der Waals surface area contributed by atoms with E-state index in [1.165, 1.54) is 0 Å². The molecule has 58 valence electrons. The molecule has 10 heavy (non-hydrogen) atoms. The minimum atomic E-state index is -0.00660. The number of hydrogen-bond donors (Lipinski definition) is 1. The van der Waals surface area contributed by atoms with E-state index in [-0.39, 0.29) is 5.54 Å². The molecule has 0 aliphatic rings. The molecule has 0 bridgehead atoms. The Kier molecular flexibility index (Phi) is 4.10. The van der Waals surface area contributed by atoms with Crippen molar-refractivity contribution in [1.29, 1.82) is 0 Å². The third-order valence-corrected chi connectivity index (χ3v) is 1.81. The molecule has 1 atom stereocenters. The molecule has 0 aromatic heterocycles. The Morgan fingerprint density at radius 3 is 2.70 bits per heavy atom. The summed E-state index contributed by atoms with van der Waals surface area (Å²) in [6.45, 7) is 7.67. The van der Waals surface area contributed by atoms with Crippen molar-refractivity contribution in [3.8, 4) is 0 Å². The Labute approximate surface area is 63.6 Å². The van der Waals surface area contributed by atoms with Gasteiger partial charge in [0, 0.05) is 5.54 Å². The van der Waals surface area contributed by atoms with E-state index in [0.29, 0.717) is 0 Å². The highest BCUT2D eigenvalue weighted by Crippen LogP contribution is 2.12. The second-order valence-corrected chi connectivity index (χ2v) is 2.95. The topological polar surface area (TPSA) is 26.0 Å². The first-order valence-corrected chi connectivity index (χ1v) is 3.75. The van der Waals surface area contributed by atoms with E-state index in [1.807, 2.05) is 6.08 Å². The molecule has 0 fully saturated rings. The van der Waals surface area contributed by atoms with E-state index < -0.39 is 0 Å². The summed E-state index contributed by atoms with van der Waals surface area (Å²) in [5.74, 6) is 0. The maximum absolute atomic E-state index is 5.89. The zero-order valence-electron chi connectivity index (χ0n) is 6.98. The first-order valence-electron chi connectivity index (χ1n) is 3.75. The second kappa shape index (κ2) is 4.32. The van der Waals surface area contributed by atoms with Gasteiger partial charge in [0.1, 0.15) is 0 Å². The lowest BCUT2D eigenvalue weighted by molar-refractivity contribution is 0.422. The van der Waals surface area contributed by atoms with Crippen molar-refractivity contribution in [3.63, 3.8) is 0 Å². The molecule has 0 aromatic rings. The van der Waals surface area contributed by atoms with Crippen LogP contribution in [0.15, 0.2) is 18.4 Å². The molecule has 1 nitrogen and oxygen atoms in total. The quantitative estimate of drug-likeness (QED) is 0.594. The van der Waals surface area contributed by atoms with Crippen LogP contribution in [0.25, 0.3) is 0 Å². The Morgan fingerprint density at radius 1 is 1.70 bits per heavy atom. The van der Waals surface area contributed by atoms with E-state index in [0.717, 1.165) is 19.3 Å². The Bertz CT molecular complexity index is 130. The molecule has 0 saturated carbocycles. The fraction of sp³-hybridized carbons (Fsp3) is 0.667. The van der Waals surface area contributed by atoms with Gasteiger partial charge < -0.3 is 5.73 Å². The number of rotatable bonds is 4. The first kappa shape index (κ1) is 9.48. The summed E-state index contributed by atoms with van der Waals surface area (Å²) in [4.78, 5) is 0. The van der Waals surface area contributed by atoms with Crippen LogP contribution in [-0.2, 0) is 0 Å². The summed E-state index contributed by atoms with van der Waals surface area (Å²) in [5, 5.41) is 0. The van der Waals surface area contributed by atoms with Gasteiger partial charge in [-0.15, -0.1) is 5.73 Å². The van der Waals surface area contributed by atoms with Crippen LogP contribution < -0.4 is 5.73 Å². The molecular formula is C9H17N. The van der Waals surface area contributed by atoms with Crippen molar-refractivity contribution in [2.24, 2.45) is 5.73 Å². The van der Waals surface area contributed by atoms with Crippen LogP contribution in [0.3, 0.4) is 0 Å². The van der Waals surface area contributed by atoms with Gasteiger partial charge in [-0.3, -0.25) is 0 Å². The van der Waals surface area contributed by atoms with E-state index in [4.69, 9.17) is 5.73 Å². The number of nitrogens with two attached hydrogens (primary N) is 1. The van der Waals surface area contributed by atoms with Gasteiger partial charge in [-0.2, -0.15) is 0 Å². The molecule has 0 amide bonds. The van der Waals surface area contributed by atoms with Crippen molar-refractivity contribution in [1.82, 2.24) is 0 Å². The van der Waals surface area contributed by atoms with Crippen LogP contribution in [-0.4, -0.2) is 5.54 Å². The molecule has 0 spiro atoms. The molecule has 0 heterocycles. The summed E-state index contributed by atoms with van der Waals surface area (Å²) in [6.07, 6.45) is 4.97. The third kappa shape index (κ3) is 4.37. The molecule has 2 N–H and O–H groups in total. The molecule has 0 aromatic carbocycles. The zero-order chi connectivity index (χ0) is 8.04. The van der Waals surface area contributed by atoms with Crippen LogP contribution in [0.4, 0.5) is 0 Å². The predicted molar refractivity (Wildman–Crippen MR) is 45.8 cm³/mol. The minimum Gasteiger partial charge on any atom is -0.325 e. The number of hydrogen-bond acceptors (Lipinski definition) is 1. The maximum Gasteiger partial charge on any atom is 0.0126 e. The minimum absolute atomic E-state index is 0.00660. The van der Waals surface area contributed by atoms with Crippen molar-refractivity contribution < 1.29 is 0 Å². The van der Waals surface area contributed by atoms with Crippen molar-refractivity contribution in [2.75, 3.05) is 0 Å². The molecule has 1 unspecified atom stereocenters. The lowest BCUT2D eigenvalue weighted by Crippen LogP contribution is -2.34. The molecule has 1 heteroatoms. The third-order valence-electron chi connectivity index (χ3n) is 1.81. The summed E-state index contributed by atoms with van der Waals surface area (Å²) in [7, 11) is 0. The van der Waals surface area contributed by atoms with Gasteiger partial charge >= 0.3 is 0 Å². The predicted octanol–water partition coefficient (Wildman–Crippen LogP) is 2.24. The van der Waals surface area contributed by atoms with Crippen LogP contribution in [0.5, 0.6) is 0 Å². The van der Waals surface area contributed by atoms with E-state index in [2.05, 4.69) is 26.2 Å². The van der Waals surface area contributed by atoms with Crippen molar-refractivity contribution in [2.45, 2.75) is 38.6 Å². The van der Waals surface area contributed by atoms with Gasteiger partial charge in [0.15, 0.2) is 0 Å². The van der Waals surface area contributed by atoms with E-state index >= 15 is 0 Å². The average molecular weight is 139 g/mol. The fourth-order valence-corrected chi connectivity index (χ4v) is 0.681. The largest absolute Gasteiger partial charge is 0.325 e. The highest BCUT2D eigenvalue weighted by molar-refractivity contribution is 4.83. The standard InChI is InChI=1S/C9H17N/c1-4-6-7-8-9(3,10)5-2/h6H,1,5,7-8,10H2,2-3H3. The lowest BCUT2D eigenvalue weighted by Gasteiger charge is -2.21. The molecule has 0 radical (unpaired) electrons. The summed E-state index contributed by atoms with van der Waals surface area (Å²) >= 11 is 0. The second-order valence-electron chi connectivity index (χ2n) is 2.95. The smallest absolute Gasteiger partial charge is 0.0126 e. The van der Waals surface area contributed by atoms with Crippen LogP contribution >= 0.6 is 0 Å². The SMILES string of the molecule is C=C=CCCC(C)(N)CC. The average Bonchev–Trinajstić information content (AvgIpc) is 1.89. The van der Waals surface area contributed by atoms with Gasteiger partial charge in [0.05, 0.1) is 0 Å². The highest BCUT2D eigenvalue weighted by atomic mass is 14.7. The van der Waals surface area contributed by atoms with Gasteiger partial charge in [0.25, 0.3) is 0 Å². The maximum atomic E-state index is 5.89. The first-order chi connectivity index (χ1) is 4.62. The number of allylic oxidation sites excluding steroid dienone is 1. The summed E-state index contributed by atoms with van der Waals surface area (Å²) in [6, 6.07) is 0. The molecular weight excluding hydrogens is 122 g/mol. The summed E-state index contributed by atoms with van der Waals surface area (Å²) in [5.41, 5.74) is 8.62. The van der Waals surface area contributed by atoms with Crippen LogP contribution in [0.1, 0.15) is 33.1 Å². The van der Waals surface area contributed by atoms with Crippen molar-refractivity contribution in [3.05, 3.63) is 18.4 Å². The normalized spacial score (nSPS) is 15.5. The van der Waals surface area contributed by atoms with Gasteiger partial charge in [-0.1, -0.05) is 13.5 Å². The Balaban J connectivity index is 3.56. The van der Waals surface area contributed by atoms with Crippen LogP contribution in [0.2, 0.25) is 0 Å². The molecule has 0 aliphatic heterocycles. The van der Waals surface area contributed by atoms with Crippen LogP contribution in [0, 0.1) is 0 Å². The molecule has 0 rings (SSSR count). The molecule has 0 aliphatic carbocycles. The van der Waals surface area contributed by atoms with Crippen molar-refractivity contribution >= 4 is 0 Å². The monoisotopic (exact) mass is 139 g/mol. The zero-order valence-corrected chi connectivity index (χ0v) is 6.98. The Hall–Kier alpha value is -0.520. The highest BCUT2D eigenvalue weighted by Gasteiger charge is 2.12. The fourth-order valence-electron chi connectivity index (χ4n) is 0.681. The van der Waals surface area contributed by atoms with E-state index in [9.17, 15) is 0 Å². The lowest BCUT2D eigenvalue weighted by atomic mass is 9.94. The van der Waals surface area contributed by atoms with E-state index in [1.54, 1.807) is 0 Å². The Morgan fingerprint density at radius 2 is 2.30 bits per heavy atom.